The fourth-order valence-electron chi connectivity index (χ4n) is 1.47. The van der Waals surface area contributed by atoms with Crippen molar-refractivity contribution in [3.05, 3.63) is 63.9 Å². The molecule has 2 aromatic carbocycles. The third-order valence-electron chi connectivity index (χ3n) is 2.39. The molecule has 0 aliphatic rings. The fourth-order valence-corrected chi connectivity index (χ4v) is 1.89. The SMILES string of the molecule is [2H]C([2H])([2H])C([2H])([2H])c1cc(OCc2ccccc2)c(F)cc1Br. The number of aryl methyl sites for hydroxylation is 1. The van der Waals surface area contributed by atoms with E-state index in [1.807, 2.05) is 18.2 Å². The van der Waals surface area contributed by atoms with Crippen LogP contribution in [0.15, 0.2) is 46.9 Å². The third kappa shape index (κ3) is 3.10. The molecule has 0 aromatic heterocycles. The lowest BCUT2D eigenvalue weighted by Crippen LogP contribution is -1.98. The van der Waals surface area contributed by atoms with Crippen molar-refractivity contribution >= 4 is 15.9 Å². The Kier molecular flexibility index (Phi) is 2.65. The van der Waals surface area contributed by atoms with E-state index in [1.54, 1.807) is 12.1 Å². The number of ether oxygens (including phenoxy) is 1. The summed E-state index contributed by atoms with van der Waals surface area (Å²) in [6.45, 7) is -2.79. The average molecular weight is 314 g/mol. The quantitative estimate of drug-likeness (QED) is 0.793. The molecule has 0 N–H and O–H groups in total. The van der Waals surface area contributed by atoms with E-state index in [0.717, 1.165) is 17.7 Å². The molecule has 18 heavy (non-hydrogen) atoms. The van der Waals surface area contributed by atoms with Gasteiger partial charge in [-0.25, -0.2) is 4.39 Å². The van der Waals surface area contributed by atoms with Gasteiger partial charge in [-0.2, -0.15) is 0 Å². The molecule has 0 amide bonds. The molecule has 94 valence electrons. The largest absolute Gasteiger partial charge is 0.486 e. The number of halogens is 2. The Labute approximate surface area is 122 Å². The second-order valence-electron chi connectivity index (χ2n) is 3.66. The zero-order chi connectivity index (χ0) is 17.3. The summed E-state index contributed by atoms with van der Waals surface area (Å²) in [7, 11) is 0. The summed E-state index contributed by atoms with van der Waals surface area (Å²) in [6.07, 6.45) is -2.63. The number of rotatable bonds is 4. The van der Waals surface area contributed by atoms with Gasteiger partial charge in [-0.15, -0.1) is 0 Å². The first-order valence-electron chi connectivity index (χ1n) is 7.79. The summed E-state index contributed by atoms with van der Waals surface area (Å²) in [4.78, 5) is 0. The van der Waals surface area contributed by atoms with E-state index in [0.29, 0.717) is 0 Å². The minimum atomic E-state index is -2.88. The van der Waals surface area contributed by atoms with E-state index in [4.69, 9.17) is 11.6 Å². The molecule has 0 spiro atoms. The van der Waals surface area contributed by atoms with Crippen molar-refractivity contribution in [2.45, 2.75) is 19.8 Å². The summed E-state index contributed by atoms with van der Waals surface area (Å²) in [6, 6.07) is 11.2. The predicted molar refractivity (Wildman–Crippen MR) is 74.3 cm³/mol. The second-order valence-corrected chi connectivity index (χ2v) is 4.52. The Bertz CT molecular complexity index is 688. The fraction of sp³-hybridized carbons (Fsp3) is 0.200. The molecule has 0 saturated carbocycles. The normalized spacial score (nSPS) is 16.0. The highest BCUT2D eigenvalue weighted by Gasteiger charge is 2.08. The smallest absolute Gasteiger partial charge is 0.166 e. The molecule has 0 aliphatic carbocycles. The van der Waals surface area contributed by atoms with Crippen LogP contribution in [0.4, 0.5) is 4.39 Å². The lowest BCUT2D eigenvalue weighted by molar-refractivity contribution is 0.290. The van der Waals surface area contributed by atoms with Crippen LogP contribution in [-0.4, -0.2) is 0 Å². The van der Waals surface area contributed by atoms with Crippen LogP contribution >= 0.6 is 15.9 Å². The minimum absolute atomic E-state index is 0.0446. The molecule has 0 fully saturated rings. The van der Waals surface area contributed by atoms with E-state index in [-0.39, 0.29) is 22.4 Å². The van der Waals surface area contributed by atoms with Crippen LogP contribution in [0, 0.1) is 5.82 Å². The van der Waals surface area contributed by atoms with Gasteiger partial charge in [0.2, 0.25) is 0 Å². The van der Waals surface area contributed by atoms with Gasteiger partial charge in [0, 0.05) is 11.3 Å². The zero-order valence-electron chi connectivity index (χ0n) is 14.4. The van der Waals surface area contributed by atoms with Gasteiger partial charge in [0.15, 0.2) is 11.6 Å². The highest BCUT2D eigenvalue weighted by Crippen LogP contribution is 2.27. The van der Waals surface area contributed by atoms with Gasteiger partial charge in [-0.3, -0.25) is 0 Å². The molecule has 2 aromatic rings. The van der Waals surface area contributed by atoms with Gasteiger partial charge in [-0.1, -0.05) is 53.1 Å². The summed E-state index contributed by atoms with van der Waals surface area (Å²) >= 11 is 3.02. The molecule has 3 heteroatoms. The maximum Gasteiger partial charge on any atom is 0.166 e. The Hall–Kier alpha value is -1.35. The van der Waals surface area contributed by atoms with Gasteiger partial charge in [-0.05, 0) is 29.6 Å². The molecule has 0 bridgehead atoms. The average Bonchev–Trinajstić information content (AvgIpc) is 2.46. The lowest BCUT2D eigenvalue weighted by Gasteiger charge is -2.10. The van der Waals surface area contributed by atoms with Crippen LogP contribution in [-0.2, 0) is 13.0 Å². The van der Waals surface area contributed by atoms with Crippen LogP contribution in [0.3, 0.4) is 0 Å². The number of hydrogen-bond donors (Lipinski definition) is 0. The van der Waals surface area contributed by atoms with Crippen molar-refractivity contribution in [3.8, 4) is 5.75 Å². The van der Waals surface area contributed by atoms with Crippen molar-refractivity contribution < 1.29 is 16.0 Å². The van der Waals surface area contributed by atoms with Gasteiger partial charge in [0.1, 0.15) is 6.61 Å². The second kappa shape index (κ2) is 6.01. The lowest BCUT2D eigenvalue weighted by atomic mass is 10.1. The van der Waals surface area contributed by atoms with Gasteiger partial charge in [0.05, 0.1) is 0 Å². The summed E-state index contributed by atoms with van der Waals surface area (Å²) in [5.74, 6) is -0.891. The molecule has 0 heterocycles. The molecule has 1 nitrogen and oxygen atoms in total. The molecule has 0 aliphatic heterocycles. The van der Waals surface area contributed by atoms with Crippen LogP contribution in [0.25, 0.3) is 0 Å². The highest BCUT2D eigenvalue weighted by molar-refractivity contribution is 9.10. The van der Waals surface area contributed by atoms with Gasteiger partial charge < -0.3 is 4.74 Å². The number of hydrogen-bond acceptors (Lipinski definition) is 1. The summed E-state index contributed by atoms with van der Waals surface area (Å²) in [5, 5.41) is 0. The summed E-state index contributed by atoms with van der Waals surface area (Å²) in [5.41, 5.74) is 0.636. The summed E-state index contributed by atoms with van der Waals surface area (Å²) < 4.78 is 57.1. The van der Waals surface area contributed by atoms with Crippen molar-refractivity contribution in [3.63, 3.8) is 0 Å². The molecule has 2 rings (SSSR count). The van der Waals surface area contributed by atoms with E-state index < -0.39 is 19.0 Å². The topological polar surface area (TPSA) is 9.23 Å². The Balaban J connectivity index is 2.33. The van der Waals surface area contributed by atoms with E-state index in [9.17, 15) is 4.39 Å². The van der Waals surface area contributed by atoms with Crippen LogP contribution in [0.2, 0.25) is 0 Å². The number of benzene rings is 2. The first-order valence-corrected chi connectivity index (χ1v) is 6.08. The van der Waals surface area contributed by atoms with E-state index in [1.165, 1.54) is 0 Å². The molecule has 0 saturated heterocycles. The van der Waals surface area contributed by atoms with E-state index >= 15 is 0 Å². The highest BCUT2D eigenvalue weighted by atomic mass is 79.9. The predicted octanol–water partition coefficient (Wildman–Crippen LogP) is 4.73. The van der Waals surface area contributed by atoms with Crippen LogP contribution in [0.1, 0.15) is 24.8 Å². The van der Waals surface area contributed by atoms with Crippen molar-refractivity contribution in [2.75, 3.05) is 0 Å². The van der Waals surface area contributed by atoms with Crippen molar-refractivity contribution in [2.24, 2.45) is 0 Å². The monoisotopic (exact) mass is 313 g/mol. The molecular weight excluding hydrogens is 295 g/mol. The van der Waals surface area contributed by atoms with Crippen LogP contribution in [0.5, 0.6) is 5.75 Å². The first kappa shape index (κ1) is 7.95. The van der Waals surface area contributed by atoms with E-state index in [2.05, 4.69) is 15.9 Å². The maximum absolute atomic E-state index is 14.0. The molecular formula is C15H14BrFO. The van der Waals surface area contributed by atoms with Gasteiger partial charge >= 0.3 is 0 Å². The Morgan fingerprint density at radius 3 is 2.83 bits per heavy atom. The molecule has 0 atom stereocenters. The zero-order valence-corrected chi connectivity index (χ0v) is 11.0. The minimum Gasteiger partial charge on any atom is -0.486 e. The maximum atomic E-state index is 14.0. The molecule has 0 radical (unpaired) electrons. The molecule has 0 unspecified atom stereocenters. The van der Waals surface area contributed by atoms with Crippen LogP contribution < -0.4 is 4.74 Å². The first-order chi connectivity index (χ1) is 10.6. The van der Waals surface area contributed by atoms with Crippen molar-refractivity contribution in [1.29, 1.82) is 0 Å². The third-order valence-corrected chi connectivity index (χ3v) is 3.05. The Morgan fingerprint density at radius 2 is 2.11 bits per heavy atom. The Morgan fingerprint density at radius 1 is 1.33 bits per heavy atom. The van der Waals surface area contributed by atoms with Crippen molar-refractivity contribution in [1.82, 2.24) is 0 Å². The standard InChI is InChI=1S/C15H14BrFO/c1-2-12-8-15(14(17)9-13(12)16)18-10-11-6-4-3-5-7-11/h3-9H,2,10H2,1H3/i1D3,2D2. The van der Waals surface area contributed by atoms with Gasteiger partial charge in [0.25, 0.3) is 0 Å².